The van der Waals surface area contributed by atoms with Crippen LogP contribution in [-0.4, -0.2) is 31.1 Å². The van der Waals surface area contributed by atoms with Gasteiger partial charge in [-0.05, 0) is 25.2 Å². The van der Waals surface area contributed by atoms with Gasteiger partial charge in [0.15, 0.2) is 11.6 Å². The maximum Gasteiger partial charge on any atom is 0.151 e. The van der Waals surface area contributed by atoms with E-state index >= 15 is 0 Å². The summed E-state index contributed by atoms with van der Waals surface area (Å²) >= 11 is 0. The molecule has 5 heteroatoms. The third-order valence-corrected chi connectivity index (χ3v) is 2.69. The fourth-order valence-electron chi connectivity index (χ4n) is 1.64. The molecule has 0 aliphatic heterocycles. The molecule has 96 valence electrons. The quantitative estimate of drug-likeness (QED) is 0.753. The van der Waals surface area contributed by atoms with Crippen molar-refractivity contribution in [3.63, 3.8) is 0 Å². The Bertz CT molecular complexity index is 342. The molecule has 0 spiro atoms. The number of nitrogens with two attached hydrogens (primary N) is 1. The highest BCUT2D eigenvalue weighted by molar-refractivity contribution is 5.53. The molecule has 0 amide bonds. The Morgan fingerprint density at radius 2 is 1.71 bits per heavy atom. The number of hydrogen-bond donors (Lipinski definition) is 2. The Balaban J connectivity index is 2.58. The number of nitrogen functional groups attached to an aromatic ring is 1. The second-order valence-electron chi connectivity index (χ2n) is 3.81. The molecule has 0 unspecified atom stereocenters. The van der Waals surface area contributed by atoms with E-state index in [1.54, 1.807) is 0 Å². The first-order chi connectivity index (χ1) is 8.08. The molecule has 0 saturated heterocycles. The predicted molar refractivity (Wildman–Crippen MR) is 67.0 cm³/mol. The van der Waals surface area contributed by atoms with Gasteiger partial charge in [0.05, 0.1) is 0 Å². The topological polar surface area (TPSA) is 41.3 Å². The van der Waals surface area contributed by atoms with Crippen LogP contribution in [0.3, 0.4) is 0 Å². The zero-order valence-corrected chi connectivity index (χ0v) is 10.3. The maximum atomic E-state index is 13.4. The van der Waals surface area contributed by atoms with E-state index in [2.05, 4.69) is 10.2 Å². The SMILES string of the molecule is CCN(CC)CCNc1c(F)cc(N)cc1F. The minimum absolute atomic E-state index is 0.0919. The van der Waals surface area contributed by atoms with Crippen LogP contribution < -0.4 is 11.1 Å². The molecule has 0 aliphatic rings. The van der Waals surface area contributed by atoms with Crippen LogP contribution in [0.1, 0.15) is 13.8 Å². The number of rotatable bonds is 6. The van der Waals surface area contributed by atoms with Crippen LogP contribution in [0.2, 0.25) is 0 Å². The fourth-order valence-corrected chi connectivity index (χ4v) is 1.64. The molecule has 0 radical (unpaired) electrons. The smallest absolute Gasteiger partial charge is 0.151 e. The number of benzene rings is 1. The Morgan fingerprint density at radius 3 is 2.18 bits per heavy atom. The van der Waals surface area contributed by atoms with Gasteiger partial charge in [0.2, 0.25) is 0 Å². The van der Waals surface area contributed by atoms with Crippen molar-refractivity contribution in [1.82, 2.24) is 4.90 Å². The summed E-state index contributed by atoms with van der Waals surface area (Å²) in [4.78, 5) is 2.17. The standard InChI is InChI=1S/C12H19F2N3/c1-3-17(4-2)6-5-16-12-10(13)7-9(15)8-11(12)14/h7-8,16H,3-6,15H2,1-2H3. The first-order valence-corrected chi connectivity index (χ1v) is 5.79. The highest BCUT2D eigenvalue weighted by Gasteiger charge is 2.09. The van der Waals surface area contributed by atoms with Crippen LogP contribution in [0.5, 0.6) is 0 Å². The molecule has 0 saturated carbocycles. The van der Waals surface area contributed by atoms with Crippen molar-refractivity contribution < 1.29 is 8.78 Å². The fraction of sp³-hybridized carbons (Fsp3) is 0.500. The van der Waals surface area contributed by atoms with Gasteiger partial charge >= 0.3 is 0 Å². The summed E-state index contributed by atoms with van der Waals surface area (Å²) in [7, 11) is 0. The van der Waals surface area contributed by atoms with Gasteiger partial charge in [-0.25, -0.2) is 8.78 Å². The molecule has 1 rings (SSSR count). The first kappa shape index (κ1) is 13.7. The lowest BCUT2D eigenvalue weighted by atomic mass is 10.2. The third-order valence-electron chi connectivity index (χ3n) is 2.69. The van der Waals surface area contributed by atoms with E-state index in [-0.39, 0.29) is 11.4 Å². The Hall–Kier alpha value is -1.36. The van der Waals surface area contributed by atoms with Crippen molar-refractivity contribution in [2.24, 2.45) is 0 Å². The summed E-state index contributed by atoms with van der Waals surface area (Å²) in [5, 5.41) is 2.76. The number of nitrogens with zero attached hydrogens (tertiary/aromatic N) is 1. The zero-order valence-electron chi connectivity index (χ0n) is 10.3. The lowest BCUT2D eigenvalue weighted by Crippen LogP contribution is -2.29. The Labute approximate surface area is 101 Å². The second-order valence-corrected chi connectivity index (χ2v) is 3.81. The molecule has 1 aromatic rings. The molecule has 1 aromatic carbocycles. The highest BCUT2D eigenvalue weighted by Crippen LogP contribution is 2.21. The number of likely N-dealkylation sites (N-methyl/N-ethyl adjacent to an activating group) is 1. The molecule has 0 aromatic heterocycles. The van der Waals surface area contributed by atoms with Crippen LogP contribution >= 0.6 is 0 Å². The van der Waals surface area contributed by atoms with E-state index in [1.165, 1.54) is 0 Å². The number of anilines is 2. The van der Waals surface area contributed by atoms with Crippen molar-refractivity contribution in [2.45, 2.75) is 13.8 Å². The van der Waals surface area contributed by atoms with Gasteiger partial charge < -0.3 is 16.0 Å². The monoisotopic (exact) mass is 243 g/mol. The van der Waals surface area contributed by atoms with Crippen molar-refractivity contribution in [2.75, 3.05) is 37.2 Å². The summed E-state index contributed by atoms with van der Waals surface area (Å²) in [5.74, 6) is -1.30. The average Bonchev–Trinajstić information content (AvgIpc) is 2.27. The van der Waals surface area contributed by atoms with Crippen LogP contribution in [0.15, 0.2) is 12.1 Å². The van der Waals surface area contributed by atoms with Crippen molar-refractivity contribution in [1.29, 1.82) is 0 Å². The van der Waals surface area contributed by atoms with E-state index in [0.717, 1.165) is 31.8 Å². The largest absolute Gasteiger partial charge is 0.399 e. The summed E-state index contributed by atoms with van der Waals surface area (Å²) in [5.41, 5.74) is 5.32. The molecule has 0 aliphatic carbocycles. The molecule has 17 heavy (non-hydrogen) atoms. The lowest BCUT2D eigenvalue weighted by molar-refractivity contribution is 0.315. The van der Waals surface area contributed by atoms with Gasteiger partial charge in [-0.15, -0.1) is 0 Å². The van der Waals surface area contributed by atoms with E-state index in [9.17, 15) is 8.78 Å². The summed E-state index contributed by atoms with van der Waals surface area (Å²) in [6.45, 7) is 7.19. The van der Waals surface area contributed by atoms with Crippen LogP contribution in [0.4, 0.5) is 20.2 Å². The first-order valence-electron chi connectivity index (χ1n) is 5.79. The molecule has 0 fully saturated rings. The summed E-state index contributed by atoms with van der Waals surface area (Å²) in [6, 6.07) is 2.23. The minimum Gasteiger partial charge on any atom is -0.399 e. The average molecular weight is 243 g/mol. The van der Waals surface area contributed by atoms with Gasteiger partial charge in [0.25, 0.3) is 0 Å². The van der Waals surface area contributed by atoms with E-state index in [4.69, 9.17) is 5.73 Å². The van der Waals surface area contributed by atoms with Crippen LogP contribution in [-0.2, 0) is 0 Å². The molecule has 3 N–H and O–H groups in total. The van der Waals surface area contributed by atoms with Gasteiger partial charge in [-0.3, -0.25) is 0 Å². The minimum atomic E-state index is -0.651. The summed E-state index contributed by atoms with van der Waals surface area (Å²) < 4.78 is 26.8. The predicted octanol–water partition coefficient (Wildman–Crippen LogP) is 2.30. The molecule has 0 atom stereocenters. The van der Waals surface area contributed by atoms with Gasteiger partial charge in [0.1, 0.15) is 5.69 Å². The van der Waals surface area contributed by atoms with E-state index in [1.807, 2.05) is 13.8 Å². The van der Waals surface area contributed by atoms with Crippen molar-refractivity contribution >= 4 is 11.4 Å². The zero-order chi connectivity index (χ0) is 12.8. The van der Waals surface area contributed by atoms with Crippen LogP contribution in [0, 0.1) is 11.6 Å². The number of nitrogens with one attached hydrogen (secondary N) is 1. The summed E-state index contributed by atoms with van der Waals surface area (Å²) in [6.07, 6.45) is 0. The number of halogens is 2. The van der Waals surface area contributed by atoms with E-state index < -0.39 is 11.6 Å². The molecule has 0 bridgehead atoms. The molecule has 0 heterocycles. The molecule has 3 nitrogen and oxygen atoms in total. The van der Waals surface area contributed by atoms with Gasteiger partial charge in [0, 0.05) is 18.8 Å². The Kier molecular flexibility index (Phi) is 5.15. The molecular formula is C12H19F2N3. The lowest BCUT2D eigenvalue weighted by Gasteiger charge is -2.18. The second kappa shape index (κ2) is 6.39. The van der Waals surface area contributed by atoms with Crippen LogP contribution in [0.25, 0.3) is 0 Å². The van der Waals surface area contributed by atoms with Crippen molar-refractivity contribution in [3.05, 3.63) is 23.8 Å². The molecular weight excluding hydrogens is 224 g/mol. The third kappa shape index (κ3) is 3.85. The number of hydrogen-bond acceptors (Lipinski definition) is 3. The maximum absolute atomic E-state index is 13.4. The highest BCUT2D eigenvalue weighted by atomic mass is 19.1. The normalized spacial score (nSPS) is 10.9. The van der Waals surface area contributed by atoms with Gasteiger partial charge in [-0.2, -0.15) is 0 Å². The Morgan fingerprint density at radius 1 is 1.18 bits per heavy atom. The van der Waals surface area contributed by atoms with E-state index in [0.29, 0.717) is 6.54 Å². The van der Waals surface area contributed by atoms with Crippen molar-refractivity contribution in [3.8, 4) is 0 Å². The van der Waals surface area contributed by atoms with Gasteiger partial charge in [-0.1, -0.05) is 13.8 Å².